The number of fused-ring (bicyclic) bond motifs is 1. The Labute approximate surface area is 162 Å². The zero-order valence-electron chi connectivity index (χ0n) is 16.0. The van der Waals surface area contributed by atoms with E-state index in [-0.39, 0.29) is 30.8 Å². The Kier molecular flexibility index (Phi) is 6.54. The maximum atomic E-state index is 11.9. The van der Waals surface area contributed by atoms with Gasteiger partial charge in [-0.1, -0.05) is 11.6 Å². The number of esters is 1. The number of aliphatic carboxylic acids is 1. The molecule has 0 spiro atoms. The molecule has 2 unspecified atom stereocenters. The maximum Gasteiger partial charge on any atom is 0.342 e. The number of methoxy groups -OCH3 is 1. The molecule has 10 heteroatoms. The van der Waals surface area contributed by atoms with Gasteiger partial charge >= 0.3 is 19.5 Å². The topological polar surface area (TPSA) is 140 Å². The number of carboxylic acid groups (broad SMARTS) is 1. The molecule has 0 amide bonds. The van der Waals surface area contributed by atoms with Crippen molar-refractivity contribution in [3.8, 4) is 11.5 Å². The van der Waals surface area contributed by atoms with Crippen LogP contribution in [0.4, 0.5) is 0 Å². The van der Waals surface area contributed by atoms with Crippen molar-refractivity contribution in [1.82, 2.24) is 0 Å². The molecule has 154 valence electrons. The largest absolute Gasteiger partial charge is 0.507 e. The lowest BCUT2D eigenvalue weighted by atomic mass is 9.94. The van der Waals surface area contributed by atoms with E-state index in [1.54, 1.807) is 19.9 Å². The molecule has 1 aliphatic heterocycles. The SMILES string of the molecule is COc1c(C)c2c(c(O)c1CC=C(C)CC(C(=O)O)P(=O)(O)OC)C(=O)OC2. The van der Waals surface area contributed by atoms with Crippen molar-refractivity contribution >= 4 is 19.5 Å². The summed E-state index contributed by atoms with van der Waals surface area (Å²) in [5.74, 6) is -1.91. The Hall–Kier alpha value is -2.35. The number of carbonyl (C=O) groups is 2. The van der Waals surface area contributed by atoms with E-state index in [2.05, 4.69) is 4.52 Å². The molecule has 9 nitrogen and oxygen atoms in total. The van der Waals surface area contributed by atoms with Crippen molar-refractivity contribution in [3.63, 3.8) is 0 Å². The molecule has 0 radical (unpaired) electrons. The fourth-order valence-corrected chi connectivity index (χ4v) is 4.21. The molecule has 0 aliphatic carbocycles. The van der Waals surface area contributed by atoms with Crippen molar-refractivity contribution in [1.29, 1.82) is 0 Å². The lowest BCUT2D eigenvalue weighted by Gasteiger charge is -2.18. The smallest absolute Gasteiger partial charge is 0.342 e. The minimum Gasteiger partial charge on any atom is -0.507 e. The zero-order valence-corrected chi connectivity index (χ0v) is 16.9. The number of phenolic OH excluding ortho intramolecular Hbond substituents is 1. The van der Waals surface area contributed by atoms with Gasteiger partial charge in [0, 0.05) is 18.2 Å². The van der Waals surface area contributed by atoms with E-state index >= 15 is 0 Å². The van der Waals surface area contributed by atoms with Gasteiger partial charge in [0.15, 0.2) is 5.66 Å². The predicted octanol–water partition coefficient (Wildman–Crippen LogP) is 2.54. The standard InChI is InChI=1S/C18H23O9P/c1-9(7-13(17(20)21)28(23,24)26-4)5-6-11-15(19)14-12(8-27-18(14)22)10(2)16(11)25-3/h5,13,19H,6-8H2,1-4H3,(H,20,21)(H,23,24). The number of phenols is 1. The second kappa shape index (κ2) is 8.34. The molecule has 1 heterocycles. The predicted molar refractivity (Wildman–Crippen MR) is 98.9 cm³/mol. The van der Waals surface area contributed by atoms with Gasteiger partial charge in [0.05, 0.1) is 7.11 Å². The molecule has 0 aromatic heterocycles. The van der Waals surface area contributed by atoms with Crippen LogP contribution in [0.1, 0.15) is 40.4 Å². The molecule has 3 N–H and O–H groups in total. The van der Waals surface area contributed by atoms with Crippen molar-refractivity contribution in [2.24, 2.45) is 0 Å². The quantitative estimate of drug-likeness (QED) is 0.332. The van der Waals surface area contributed by atoms with Gasteiger partial charge in [0.2, 0.25) is 0 Å². The van der Waals surface area contributed by atoms with Gasteiger partial charge in [0.1, 0.15) is 23.7 Å². The number of hydrogen-bond acceptors (Lipinski definition) is 7. The van der Waals surface area contributed by atoms with Crippen LogP contribution in [0.3, 0.4) is 0 Å². The summed E-state index contributed by atoms with van der Waals surface area (Å²) < 4.78 is 26.7. The van der Waals surface area contributed by atoms with E-state index in [0.717, 1.165) is 7.11 Å². The van der Waals surface area contributed by atoms with Gasteiger partial charge in [0.25, 0.3) is 0 Å². The van der Waals surface area contributed by atoms with Crippen molar-refractivity contribution in [2.45, 2.75) is 39.0 Å². The van der Waals surface area contributed by atoms with Gasteiger partial charge < -0.3 is 29.1 Å². The zero-order chi connectivity index (χ0) is 21.2. The van der Waals surface area contributed by atoms with E-state index in [1.807, 2.05) is 0 Å². The molecule has 1 aliphatic rings. The number of carbonyl (C=O) groups excluding carboxylic acids is 1. The second-order valence-electron chi connectivity index (χ2n) is 6.47. The Balaban J connectivity index is 2.37. The minimum atomic E-state index is -4.32. The first-order valence-corrected chi connectivity index (χ1v) is 10.0. The van der Waals surface area contributed by atoms with Gasteiger partial charge in [-0.05, 0) is 32.3 Å². The molecule has 28 heavy (non-hydrogen) atoms. The van der Waals surface area contributed by atoms with Crippen LogP contribution in [0.25, 0.3) is 0 Å². The van der Waals surface area contributed by atoms with Crippen LogP contribution in [-0.2, 0) is 31.6 Å². The lowest BCUT2D eigenvalue weighted by molar-refractivity contribution is -0.136. The Morgan fingerprint density at radius 2 is 2.04 bits per heavy atom. The van der Waals surface area contributed by atoms with Crippen molar-refractivity contribution in [2.75, 3.05) is 14.2 Å². The second-order valence-corrected chi connectivity index (χ2v) is 8.59. The first-order valence-electron chi connectivity index (χ1n) is 8.40. The fourth-order valence-electron chi connectivity index (χ4n) is 3.16. The van der Waals surface area contributed by atoms with Crippen molar-refractivity contribution in [3.05, 3.63) is 33.9 Å². The Morgan fingerprint density at radius 1 is 1.39 bits per heavy atom. The number of hydrogen-bond donors (Lipinski definition) is 3. The molecule has 0 bridgehead atoms. The third kappa shape index (κ3) is 4.06. The van der Waals surface area contributed by atoms with E-state index in [0.29, 0.717) is 28.0 Å². The Morgan fingerprint density at radius 3 is 2.57 bits per heavy atom. The highest BCUT2D eigenvalue weighted by atomic mass is 31.2. The molecule has 1 aromatic rings. The number of benzene rings is 1. The number of carboxylic acids is 1. The lowest BCUT2D eigenvalue weighted by Crippen LogP contribution is -2.21. The molecular weight excluding hydrogens is 391 g/mol. The van der Waals surface area contributed by atoms with E-state index in [4.69, 9.17) is 9.47 Å². The van der Waals surface area contributed by atoms with E-state index in [1.165, 1.54) is 7.11 Å². The number of rotatable bonds is 8. The normalized spacial score (nSPS) is 16.9. The summed E-state index contributed by atoms with van der Waals surface area (Å²) in [5, 5.41) is 19.8. The van der Waals surface area contributed by atoms with Crippen LogP contribution in [0.5, 0.6) is 11.5 Å². The summed E-state index contributed by atoms with van der Waals surface area (Å²) in [6.45, 7) is 3.41. The van der Waals surface area contributed by atoms with Crippen LogP contribution in [0, 0.1) is 6.92 Å². The molecule has 0 saturated carbocycles. The summed E-state index contributed by atoms with van der Waals surface area (Å²) >= 11 is 0. The monoisotopic (exact) mass is 414 g/mol. The number of aromatic hydroxyl groups is 1. The van der Waals surface area contributed by atoms with Crippen LogP contribution in [-0.4, -0.2) is 46.9 Å². The van der Waals surface area contributed by atoms with E-state index in [9.17, 15) is 29.3 Å². The molecule has 1 aromatic carbocycles. The van der Waals surface area contributed by atoms with Crippen LogP contribution in [0.2, 0.25) is 0 Å². The summed E-state index contributed by atoms with van der Waals surface area (Å²) in [5.41, 5.74) is 0.576. The summed E-state index contributed by atoms with van der Waals surface area (Å²) in [6, 6.07) is 0. The molecule has 0 saturated heterocycles. The molecule has 0 fully saturated rings. The summed E-state index contributed by atoms with van der Waals surface area (Å²) in [7, 11) is -1.90. The average molecular weight is 414 g/mol. The fraction of sp³-hybridized carbons (Fsp3) is 0.444. The minimum absolute atomic E-state index is 0.0577. The molecule has 2 atom stereocenters. The summed E-state index contributed by atoms with van der Waals surface area (Å²) in [4.78, 5) is 32.9. The van der Waals surface area contributed by atoms with Gasteiger partial charge in [-0.15, -0.1) is 0 Å². The first-order chi connectivity index (χ1) is 13.0. The maximum absolute atomic E-state index is 11.9. The highest BCUT2D eigenvalue weighted by Gasteiger charge is 2.38. The number of cyclic esters (lactones) is 1. The number of allylic oxidation sites excluding steroid dienone is 2. The van der Waals surface area contributed by atoms with Gasteiger partial charge in [-0.2, -0.15) is 0 Å². The van der Waals surface area contributed by atoms with Gasteiger partial charge in [-0.25, -0.2) is 4.79 Å². The third-order valence-corrected chi connectivity index (χ3v) is 6.47. The van der Waals surface area contributed by atoms with Crippen LogP contribution >= 0.6 is 7.60 Å². The molecule has 2 rings (SSSR count). The highest BCUT2D eigenvalue weighted by Crippen LogP contribution is 2.49. The highest BCUT2D eigenvalue weighted by molar-refractivity contribution is 7.54. The average Bonchev–Trinajstić information content (AvgIpc) is 3.03. The van der Waals surface area contributed by atoms with Crippen LogP contribution in [0.15, 0.2) is 11.6 Å². The van der Waals surface area contributed by atoms with E-state index < -0.39 is 25.2 Å². The van der Waals surface area contributed by atoms with Crippen LogP contribution < -0.4 is 4.74 Å². The Bertz CT molecular complexity index is 888. The van der Waals surface area contributed by atoms with Gasteiger partial charge in [-0.3, -0.25) is 9.36 Å². The van der Waals surface area contributed by atoms with Crippen molar-refractivity contribution < 1.29 is 43.3 Å². The summed E-state index contributed by atoms with van der Waals surface area (Å²) in [6.07, 6.45) is 1.51. The number of ether oxygens (including phenoxy) is 2. The molecular formula is C18H23O9P. The first kappa shape index (κ1) is 21.9. The third-order valence-electron chi connectivity index (χ3n) is 4.76.